The predicted molar refractivity (Wildman–Crippen MR) is 73.1 cm³/mol. The number of carbonyl (C=O) groups excluding carboxylic acids is 1. The van der Waals surface area contributed by atoms with Gasteiger partial charge in [-0.15, -0.1) is 0 Å². The second kappa shape index (κ2) is 6.16. The third-order valence-corrected chi connectivity index (χ3v) is 3.10. The maximum atomic E-state index is 12.2. The van der Waals surface area contributed by atoms with Crippen molar-refractivity contribution in [2.24, 2.45) is 5.73 Å². The minimum atomic E-state index is -1.03. The standard InChI is InChI=1S/C13H19NO4S/c1-13(2,3)18-12(17)11(8-4-5-19-7-8)9(14)6-10(15)16/h4-5,7,9,11H,6,14H2,1-3H3,(H,15,16)/t9-,11-/m1/s1. The van der Waals surface area contributed by atoms with Gasteiger partial charge in [-0.25, -0.2) is 0 Å². The van der Waals surface area contributed by atoms with Crippen LogP contribution in [0.15, 0.2) is 16.8 Å². The molecule has 2 atom stereocenters. The Kier molecular flexibility index (Phi) is 5.08. The van der Waals surface area contributed by atoms with Crippen molar-refractivity contribution in [1.82, 2.24) is 0 Å². The van der Waals surface area contributed by atoms with Crippen molar-refractivity contribution in [2.75, 3.05) is 0 Å². The lowest BCUT2D eigenvalue weighted by molar-refractivity contribution is -0.157. The summed E-state index contributed by atoms with van der Waals surface area (Å²) in [6, 6.07) is 0.961. The zero-order chi connectivity index (χ0) is 14.6. The first-order valence-corrected chi connectivity index (χ1v) is 6.87. The molecule has 0 aliphatic rings. The number of ether oxygens (including phenoxy) is 1. The number of hydrogen-bond donors (Lipinski definition) is 2. The molecule has 0 aliphatic heterocycles. The first-order valence-electron chi connectivity index (χ1n) is 5.93. The number of carbonyl (C=O) groups is 2. The van der Waals surface area contributed by atoms with E-state index in [4.69, 9.17) is 15.6 Å². The molecule has 0 bridgehead atoms. The SMILES string of the molecule is CC(C)(C)OC(=O)[C@H](c1ccsc1)[C@H](N)CC(=O)O. The number of hydrogen-bond acceptors (Lipinski definition) is 5. The van der Waals surface area contributed by atoms with E-state index in [-0.39, 0.29) is 6.42 Å². The Morgan fingerprint density at radius 3 is 2.53 bits per heavy atom. The van der Waals surface area contributed by atoms with Gasteiger partial charge < -0.3 is 15.6 Å². The molecule has 3 N–H and O–H groups in total. The summed E-state index contributed by atoms with van der Waals surface area (Å²) < 4.78 is 5.32. The van der Waals surface area contributed by atoms with Gasteiger partial charge in [-0.05, 0) is 43.2 Å². The summed E-state index contributed by atoms with van der Waals surface area (Å²) >= 11 is 1.43. The Morgan fingerprint density at radius 2 is 2.11 bits per heavy atom. The summed E-state index contributed by atoms with van der Waals surface area (Å²) in [5.74, 6) is -2.27. The second-order valence-electron chi connectivity index (χ2n) is 5.33. The van der Waals surface area contributed by atoms with Crippen molar-refractivity contribution in [2.45, 2.75) is 44.8 Å². The van der Waals surface area contributed by atoms with Crippen molar-refractivity contribution in [3.05, 3.63) is 22.4 Å². The van der Waals surface area contributed by atoms with Gasteiger partial charge in [0.25, 0.3) is 0 Å². The van der Waals surface area contributed by atoms with Crippen LogP contribution in [0.4, 0.5) is 0 Å². The van der Waals surface area contributed by atoms with E-state index in [0.29, 0.717) is 5.56 Å². The molecule has 0 radical (unpaired) electrons. The van der Waals surface area contributed by atoms with Gasteiger partial charge in [-0.3, -0.25) is 9.59 Å². The molecule has 0 saturated heterocycles. The van der Waals surface area contributed by atoms with E-state index < -0.39 is 29.5 Å². The maximum Gasteiger partial charge on any atom is 0.315 e. The molecule has 0 aliphatic carbocycles. The zero-order valence-electron chi connectivity index (χ0n) is 11.3. The van der Waals surface area contributed by atoms with E-state index in [1.807, 2.05) is 5.38 Å². The Hall–Kier alpha value is -1.40. The number of carboxylic acids is 1. The number of rotatable bonds is 5. The summed E-state index contributed by atoms with van der Waals surface area (Å²) in [6.07, 6.45) is -0.278. The van der Waals surface area contributed by atoms with Gasteiger partial charge in [0, 0.05) is 6.04 Å². The topological polar surface area (TPSA) is 89.6 Å². The molecule has 106 valence electrons. The van der Waals surface area contributed by atoms with Crippen molar-refractivity contribution < 1.29 is 19.4 Å². The molecule has 1 heterocycles. The normalized spacial score (nSPS) is 14.7. The minimum Gasteiger partial charge on any atom is -0.481 e. The largest absolute Gasteiger partial charge is 0.481 e. The smallest absolute Gasteiger partial charge is 0.315 e. The molecule has 0 spiro atoms. The minimum absolute atomic E-state index is 0.278. The highest BCUT2D eigenvalue weighted by atomic mass is 32.1. The molecule has 1 aromatic rings. The molecule has 0 unspecified atom stereocenters. The average molecular weight is 285 g/mol. The van der Waals surface area contributed by atoms with Crippen molar-refractivity contribution in [3.63, 3.8) is 0 Å². The molecule has 1 rings (SSSR count). The van der Waals surface area contributed by atoms with E-state index in [1.165, 1.54) is 11.3 Å². The van der Waals surface area contributed by atoms with Crippen LogP contribution in [0.25, 0.3) is 0 Å². The van der Waals surface area contributed by atoms with Gasteiger partial charge in [0.15, 0.2) is 0 Å². The van der Waals surface area contributed by atoms with E-state index >= 15 is 0 Å². The number of nitrogens with two attached hydrogens (primary N) is 1. The second-order valence-corrected chi connectivity index (χ2v) is 6.11. The van der Waals surface area contributed by atoms with Gasteiger partial charge >= 0.3 is 11.9 Å². The van der Waals surface area contributed by atoms with Crippen LogP contribution in [0.3, 0.4) is 0 Å². The summed E-state index contributed by atoms with van der Waals surface area (Å²) in [4.78, 5) is 23.0. The van der Waals surface area contributed by atoms with E-state index in [1.54, 1.807) is 32.2 Å². The molecular weight excluding hydrogens is 266 g/mol. The van der Waals surface area contributed by atoms with Gasteiger partial charge in [0.05, 0.1) is 12.3 Å². The Balaban J connectivity index is 2.93. The molecule has 19 heavy (non-hydrogen) atoms. The molecule has 0 saturated carbocycles. The fraction of sp³-hybridized carbons (Fsp3) is 0.538. The van der Waals surface area contributed by atoms with Crippen LogP contribution in [-0.2, 0) is 14.3 Å². The number of thiophene rings is 1. The highest BCUT2D eigenvalue weighted by Gasteiger charge is 2.33. The highest BCUT2D eigenvalue weighted by Crippen LogP contribution is 2.26. The number of carboxylic acid groups (broad SMARTS) is 1. The summed E-state index contributed by atoms with van der Waals surface area (Å²) in [7, 11) is 0. The zero-order valence-corrected chi connectivity index (χ0v) is 12.1. The molecule has 6 heteroatoms. The van der Waals surface area contributed by atoms with E-state index in [9.17, 15) is 9.59 Å². The lowest BCUT2D eigenvalue weighted by atomic mass is 9.92. The Morgan fingerprint density at radius 1 is 1.47 bits per heavy atom. The van der Waals surface area contributed by atoms with Crippen molar-refractivity contribution in [3.8, 4) is 0 Å². The van der Waals surface area contributed by atoms with Crippen molar-refractivity contribution in [1.29, 1.82) is 0 Å². The lowest BCUT2D eigenvalue weighted by Crippen LogP contribution is -2.39. The van der Waals surface area contributed by atoms with Gasteiger partial charge in [-0.2, -0.15) is 11.3 Å². The fourth-order valence-electron chi connectivity index (χ4n) is 1.69. The summed E-state index contributed by atoms with van der Waals surface area (Å²) in [5, 5.41) is 12.4. The molecular formula is C13H19NO4S. The van der Waals surface area contributed by atoms with Crippen molar-refractivity contribution >= 4 is 23.3 Å². The number of esters is 1. The quantitative estimate of drug-likeness (QED) is 0.807. The third kappa shape index (κ3) is 5.00. The van der Waals surface area contributed by atoms with Crippen LogP contribution in [0.5, 0.6) is 0 Å². The Bertz CT molecular complexity index is 436. The molecule has 1 aromatic heterocycles. The average Bonchev–Trinajstić information content (AvgIpc) is 2.66. The monoisotopic (exact) mass is 285 g/mol. The Labute approximate surface area is 116 Å². The first-order chi connectivity index (χ1) is 8.70. The third-order valence-electron chi connectivity index (χ3n) is 2.40. The lowest BCUT2D eigenvalue weighted by Gasteiger charge is -2.26. The van der Waals surface area contributed by atoms with Gasteiger partial charge in [0.2, 0.25) is 0 Å². The van der Waals surface area contributed by atoms with Crippen LogP contribution in [0, 0.1) is 0 Å². The van der Waals surface area contributed by atoms with Crippen LogP contribution in [0.1, 0.15) is 38.7 Å². The molecule has 0 amide bonds. The van der Waals surface area contributed by atoms with Crippen LogP contribution < -0.4 is 5.73 Å². The molecule has 5 nitrogen and oxygen atoms in total. The van der Waals surface area contributed by atoms with E-state index in [0.717, 1.165) is 0 Å². The predicted octanol–water partition coefficient (Wildman–Crippen LogP) is 1.98. The number of aliphatic carboxylic acids is 1. The van der Waals surface area contributed by atoms with Gasteiger partial charge in [0.1, 0.15) is 5.60 Å². The molecule has 0 aromatic carbocycles. The summed E-state index contributed by atoms with van der Waals surface area (Å²) in [5.41, 5.74) is 5.92. The maximum absolute atomic E-state index is 12.2. The fourth-order valence-corrected chi connectivity index (χ4v) is 2.39. The van der Waals surface area contributed by atoms with Crippen LogP contribution in [-0.4, -0.2) is 28.7 Å². The van der Waals surface area contributed by atoms with E-state index in [2.05, 4.69) is 0 Å². The van der Waals surface area contributed by atoms with Crippen LogP contribution >= 0.6 is 11.3 Å². The molecule has 0 fully saturated rings. The summed E-state index contributed by atoms with van der Waals surface area (Å²) in [6.45, 7) is 5.29. The van der Waals surface area contributed by atoms with Crippen LogP contribution in [0.2, 0.25) is 0 Å². The highest BCUT2D eigenvalue weighted by molar-refractivity contribution is 7.08. The first kappa shape index (κ1) is 15.7. The van der Waals surface area contributed by atoms with Gasteiger partial charge in [-0.1, -0.05) is 0 Å².